The number of carbonyl (C=O) groups is 1. The zero-order valence-corrected chi connectivity index (χ0v) is 16.3. The molecule has 0 bridgehead atoms. The minimum Gasteiger partial charge on any atom is -0.352 e. The summed E-state index contributed by atoms with van der Waals surface area (Å²) in [5, 5.41) is 6.58. The lowest BCUT2D eigenvalue weighted by Crippen LogP contribution is -2.41. The number of carbonyl (C=O) groups excluding carboxylic acids is 1. The summed E-state index contributed by atoms with van der Waals surface area (Å²) in [6.45, 7) is 0.983. The molecule has 1 aromatic carbocycles. The monoisotopic (exact) mass is 414 g/mol. The number of rotatable bonds is 5. The van der Waals surface area contributed by atoms with E-state index in [-0.39, 0.29) is 29.9 Å². The van der Waals surface area contributed by atoms with Gasteiger partial charge in [0.2, 0.25) is 10.0 Å². The highest BCUT2D eigenvalue weighted by Crippen LogP contribution is 2.28. The molecule has 1 aliphatic heterocycles. The van der Waals surface area contributed by atoms with Gasteiger partial charge in [0.1, 0.15) is 4.90 Å². The van der Waals surface area contributed by atoms with E-state index in [0.29, 0.717) is 24.9 Å². The molecule has 3 rings (SSSR count). The first-order valence-electron chi connectivity index (χ1n) is 8.50. The molecule has 0 atom stereocenters. The van der Waals surface area contributed by atoms with Crippen LogP contribution in [0, 0.1) is 11.7 Å². The maximum absolute atomic E-state index is 14.1. The highest BCUT2D eigenvalue weighted by atomic mass is 35.5. The highest BCUT2D eigenvalue weighted by Gasteiger charge is 2.32. The van der Waals surface area contributed by atoms with Crippen molar-refractivity contribution in [1.29, 1.82) is 0 Å². The highest BCUT2D eigenvalue weighted by molar-refractivity contribution is 7.89. The van der Waals surface area contributed by atoms with Gasteiger partial charge < -0.3 is 5.32 Å². The van der Waals surface area contributed by atoms with Crippen LogP contribution in [0.3, 0.4) is 0 Å². The fourth-order valence-electron chi connectivity index (χ4n) is 3.05. The molecule has 1 aromatic heterocycles. The largest absolute Gasteiger partial charge is 0.352 e. The average molecular weight is 415 g/mol. The molecule has 0 aliphatic carbocycles. The molecule has 146 valence electrons. The van der Waals surface area contributed by atoms with Crippen LogP contribution in [0.1, 0.15) is 23.2 Å². The second-order valence-electron chi connectivity index (χ2n) is 6.51. The predicted octanol–water partition coefficient (Wildman–Crippen LogP) is 2.04. The fraction of sp³-hybridized carbons (Fsp3) is 0.412. The first-order valence-corrected chi connectivity index (χ1v) is 10.3. The summed E-state index contributed by atoms with van der Waals surface area (Å²) in [6.07, 6.45) is 4.28. The molecule has 1 aliphatic rings. The Hall–Kier alpha value is -1.97. The Morgan fingerprint density at radius 2 is 2.07 bits per heavy atom. The lowest BCUT2D eigenvalue weighted by molar-refractivity contribution is 0.0941. The number of amides is 1. The van der Waals surface area contributed by atoms with Crippen molar-refractivity contribution in [2.24, 2.45) is 13.0 Å². The zero-order valence-electron chi connectivity index (χ0n) is 14.7. The molecule has 7 nitrogen and oxygen atoms in total. The average Bonchev–Trinajstić information content (AvgIpc) is 3.08. The Bertz CT molecular complexity index is 939. The van der Waals surface area contributed by atoms with Gasteiger partial charge in [-0.2, -0.15) is 9.40 Å². The second kappa shape index (κ2) is 7.95. The van der Waals surface area contributed by atoms with Gasteiger partial charge in [0, 0.05) is 32.9 Å². The summed E-state index contributed by atoms with van der Waals surface area (Å²) < 4.78 is 42.3. The Balaban J connectivity index is 1.57. The number of nitrogens with zero attached hydrogens (tertiary/aromatic N) is 3. The third-order valence-electron chi connectivity index (χ3n) is 4.63. The number of hydrogen-bond acceptors (Lipinski definition) is 4. The van der Waals surface area contributed by atoms with Crippen LogP contribution in [-0.2, 0) is 17.1 Å². The lowest BCUT2D eigenvalue weighted by Gasteiger charge is -2.31. The van der Waals surface area contributed by atoms with Crippen LogP contribution in [0.2, 0.25) is 5.02 Å². The summed E-state index contributed by atoms with van der Waals surface area (Å²) in [4.78, 5) is 11.6. The van der Waals surface area contributed by atoms with E-state index in [1.54, 1.807) is 17.9 Å². The van der Waals surface area contributed by atoms with Crippen LogP contribution in [0.25, 0.3) is 0 Å². The number of aromatic nitrogens is 2. The van der Waals surface area contributed by atoms with Crippen LogP contribution in [-0.4, -0.2) is 48.0 Å². The standard InChI is InChI=1S/C17H20ClFN4O3S/c1-22-11-13(10-21-22)17(24)20-9-12-5-7-23(8-6-12)27(25,26)15-4-2-3-14(18)16(15)19/h2-4,10-12H,5-9H2,1H3,(H,20,24). The molecule has 27 heavy (non-hydrogen) atoms. The topological polar surface area (TPSA) is 84.3 Å². The normalized spacial score (nSPS) is 16.4. The molecule has 0 radical (unpaired) electrons. The molecule has 2 aromatic rings. The van der Waals surface area contributed by atoms with E-state index >= 15 is 0 Å². The SMILES string of the molecule is Cn1cc(C(=O)NCC2CCN(S(=O)(=O)c3cccc(Cl)c3F)CC2)cn1. The van der Waals surface area contributed by atoms with E-state index in [0.717, 1.165) is 0 Å². The molecule has 10 heteroatoms. The molecular weight excluding hydrogens is 395 g/mol. The van der Waals surface area contributed by atoms with Crippen molar-refractivity contribution in [2.45, 2.75) is 17.7 Å². The fourth-order valence-corrected chi connectivity index (χ4v) is 4.84. The molecule has 1 fully saturated rings. The van der Waals surface area contributed by atoms with E-state index in [2.05, 4.69) is 10.4 Å². The Labute approximate surface area is 162 Å². The van der Waals surface area contributed by atoms with Gasteiger partial charge in [0.25, 0.3) is 5.91 Å². The van der Waals surface area contributed by atoms with Crippen LogP contribution < -0.4 is 5.32 Å². The maximum atomic E-state index is 14.1. The van der Waals surface area contributed by atoms with E-state index in [9.17, 15) is 17.6 Å². The number of piperidine rings is 1. The summed E-state index contributed by atoms with van der Waals surface area (Å²) >= 11 is 5.70. The Morgan fingerprint density at radius 3 is 2.70 bits per heavy atom. The molecule has 0 spiro atoms. The first-order chi connectivity index (χ1) is 12.8. The van der Waals surface area contributed by atoms with Crippen molar-refractivity contribution in [3.8, 4) is 0 Å². The molecule has 1 saturated heterocycles. The van der Waals surface area contributed by atoms with Crippen molar-refractivity contribution >= 4 is 27.5 Å². The molecule has 2 heterocycles. The van der Waals surface area contributed by atoms with E-state index in [1.807, 2.05) is 0 Å². The number of nitrogens with one attached hydrogen (secondary N) is 1. The molecule has 1 amide bonds. The van der Waals surface area contributed by atoms with Crippen molar-refractivity contribution in [1.82, 2.24) is 19.4 Å². The summed E-state index contributed by atoms with van der Waals surface area (Å²) in [6, 6.07) is 3.95. The molecular formula is C17H20ClFN4O3S. The van der Waals surface area contributed by atoms with Crippen molar-refractivity contribution in [2.75, 3.05) is 19.6 Å². The quantitative estimate of drug-likeness (QED) is 0.811. The maximum Gasteiger partial charge on any atom is 0.254 e. The van der Waals surface area contributed by atoms with Gasteiger partial charge in [-0.15, -0.1) is 0 Å². The van der Waals surface area contributed by atoms with Crippen LogP contribution in [0.4, 0.5) is 4.39 Å². The van der Waals surface area contributed by atoms with Crippen LogP contribution in [0.15, 0.2) is 35.5 Å². The molecule has 0 unspecified atom stereocenters. The van der Waals surface area contributed by atoms with Crippen molar-refractivity contribution in [3.63, 3.8) is 0 Å². The summed E-state index contributed by atoms with van der Waals surface area (Å²) in [7, 11) is -2.20. The van der Waals surface area contributed by atoms with Gasteiger partial charge in [-0.1, -0.05) is 17.7 Å². The van der Waals surface area contributed by atoms with Gasteiger partial charge >= 0.3 is 0 Å². The number of aryl methyl sites for hydroxylation is 1. The Morgan fingerprint density at radius 1 is 1.37 bits per heavy atom. The van der Waals surface area contributed by atoms with Crippen LogP contribution >= 0.6 is 11.6 Å². The first kappa shape index (κ1) is 19.8. The third-order valence-corrected chi connectivity index (χ3v) is 6.83. The van der Waals surface area contributed by atoms with E-state index in [1.165, 1.54) is 28.7 Å². The van der Waals surface area contributed by atoms with Crippen molar-refractivity contribution in [3.05, 3.63) is 47.0 Å². The Kier molecular flexibility index (Phi) is 5.83. The van der Waals surface area contributed by atoms with Gasteiger partial charge in [-0.25, -0.2) is 12.8 Å². The van der Waals surface area contributed by atoms with E-state index in [4.69, 9.17) is 11.6 Å². The molecule has 0 saturated carbocycles. The van der Waals surface area contributed by atoms with Gasteiger partial charge in [0.05, 0.1) is 16.8 Å². The minimum absolute atomic E-state index is 0.154. The second-order valence-corrected chi connectivity index (χ2v) is 8.83. The van der Waals surface area contributed by atoms with Crippen molar-refractivity contribution < 1.29 is 17.6 Å². The smallest absolute Gasteiger partial charge is 0.254 e. The predicted molar refractivity (Wildman–Crippen MR) is 98.4 cm³/mol. The number of halogens is 2. The number of hydrogen-bond donors (Lipinski definition) is 1. The number of sulfonamides is 1. The summed E-state index contributed by atoms with van der Waals surface area (Å²) in [5.41, 5.74) is 0.481. The lowest BCUT2D eigenvalue weighted by atomic mass is 9.98. The van der Waals surface area contributed by atoms with E-state index < -0.39 is 20.7 Å². The number of benzene rings is 1. The van der Waals surface area contributed by atoms with Gasteiger partial charge in [-0.3, -0.25) is 9.48 Å². The minimum atomic E-state index is -3.93. The van der Waals surface area contributed by atoms with Gasteiger partial charge in [-0.05, 0) is 30.9 Å². The van der Waals surface area contributed by atoms with Crippen LogP contribution in [0.5, 0.6) is 0 Å². The summed E-state index contributed by atoms with van der Waals surface area (Å²) in [5.74, 6) is -0.981. The molecule has 1 N–H and O–H groups in total. The zero-order chi connectivity index (χ0) is 19.6. The third kappa shape index (κ3) is 4.31. The van der Waals surface area contributed by atoms with Gasteiger partial charge in [0.15, 0.2) is 5.82 Å².